The topological polar surface area (TPSA) is 78.4 Å². The number of hydrogen-bond donors (Lipinski definition) is 3. The minimum absolute atomic E-state index is 0.000285. The summed E-state index contributed by atoms with van der Waals surface area (Å²) in [6.07, 6.45) is 3.19. The molecule has 1 heterocycles. The van der Waals surface area contributed by atoms with Gasteiger partial charge in [-0.25, -0.2) is 4.79 Å². The van der Waals surface area contributed by atoms with Crippen LogP contribution < -0.4 is 10.6 Å². The van der Waals surface area contributed by atoms with E-state index in [1.54, 1.807) is 0 Å². The van der Waals surface area contributed by atoms with Gasteiger partial charge in [0.25, 0.3) is 0 Å². The van der Waals surface area contributed by atoms with Gasteiger partial charge in [-0.1, -0.05) is 13.3 Å². The summed E-state index contributed by atoms with van der Waals surface area (Å²) in [5.41, 5.74) is 0. The second kappa shape index (κ2) is 7.62. The van der Waals surface area contributed by atoms with Crippen molar-refractivity contribution in [3.63, 3.8) is 0 Å². The molecule has 19 heavy (non-hydrogen) atoms. The van der Waals surface area contributed by atoms with Crippen LogP contribution in [-0.2, 0) is 4.79 Å². The molecule has 1 fully saturated rings. The normalized spacial score (nSPS) is 23.9. The Bertz CT molecular complexity index is 317. The molecule has 1 rings (SSSR count). The van der Waals surface area contributed by atoms with E-state index >= 15 is 0 Å². The van der Waals surface area contributed by atoms with Gasteiger partial charge in [0.2, 0.25) is 0 Å². The van der Waals surface area contributed by atoms with Crippen LogP contribution in [0.1, 0.15) is 39.5 Å². The van der Waals surface area contributed by atoms with Crippen molar-refractivity contribution in [2.75, 3.05) is 18.8 Å². The summed E-state index contributed by atoms with van der Waals surface area (Å²) >= 11 is 1.90. The smallest absolute Gasteiger partial charge is 0.314 e. The molecule has 1 aliphatic rings. The van der Waals surface area contributed by atoms with Gasteiger partial charge in [0.1, 0.15) is 0 Å². The zero-order valence-electron chi connectivity index (χ0n) is 11.7. The lowest BCUT2D eigenvalue weighted by Gasteiger charge is -2.23. The molecule has 0 aromatic heterocycles. The zero-order chi connectivity index (χ0) is 14.3. The molecule has 2 unspecified atom stereocenters. The molecule has 0 aromatic rings. The van der Waals surface area contributed by atoms with E-state index in [0.29, 0.717) is 13.1 Å². The Morgan fingerprint density at radius 3 is 2.68 bits per heavy atom. The van der Waals surface area contributed by atoms with Crippen LogP contribution in [0.25, 0.3) is 0 Å². The molecule has 6 heteroatoms. The number of carboxylic acids is 1. The van der Waals surface area contributed by atoms with Crippen LogP contribution in [-0.4, -0.2) is 40.7 Å². The van der Waals surface area contributed by atoms with E-state index in [1.165, 1.54) is 6.42 Å². The first-order chi connectivity index (χ1) is 8.95. The van der Waals surface area contributed by atoms with Crippen molar-refractivity contribution >= 4 is 23.8 Å². The fraction of sp³-hybridized carbons (Fsp3) is 0.846. The Hall–Kier alpha value is -0.910. The highest BCUT2D eigenvalue weighted by Gasteiger charge is 2.29. The first-order valence-electron chi connectivity index (χ1n) is 6.82. The van der Waals surface area contributed by atoms with Gasteiger partial charge in [-0.2, -0.15) is 11.8 Å². The summed E-state index contributed by atoms with van der Waals surface area (Å²) in [7, 11) is 0. The molecule has 0 aliphatic carbocycles. The molecule has 3 N–H and O–H groups in total. The number of nitrogens with one attached hydrogen (secondary N) is 2. The highest BCUT2D eigenvalue weighted by molar-refractivity contribution is 8.00. The fourth-order valence-corrected chi connectivity index (χ4v) is 3.40. The molecule has 0 bridgehead atoms. The lowest BCUT2D eigenvalue weighted by Crippen LogP contribution is -2.43. The van der Waals surface area contributed by atoms with Crippen LogP contribution in [0.3, 0.4) is 0 Å². The maximum Gasteiger partial charge on any atom is 0.314 e. The summed E-state index contributed by atoms with van der Waals surface area (Å²) in [4.78, 5) is 22.3. The van der Waals surface area contributed by atoms with Crippen molar-refractivity contribution in [2.45, 2.75) is 44.3 Å². The standard InChI is InChI=1S/C13H24N2O3S/c1-3-10(7-11(16)17)8-14-12(18)15-9-13(2)5-4-6-19-13/h10H,3-9H2,1-2H3,(H,16,17)(H2,14,15,18). The number of aliphatic carboxylic acids is 1. The molecule has 2 atom stereocenters. The van der Waals surface area contributed by atoms with Crippen molar-refractivity contribution in [2.24, 2.45) is 5.92 Å². The molecule has 5 nitrogen and oxygen atoms in total. The largest absolute Gasteiger partial charge is 0.481 e. The molecular formula is C13H24N2O3S. The van der Waals surface area contributed by atoms with Gasteiger partial charge >= 0.3 is 12.0 Å². The third-order valence-electron chi connectivity index (χ3n) is 3.52. The summed E-state index contributed by atoms with van der Waals surface area (Å²) in [5.74, 6) is 0.347. The third-order valence-corrected chi connectivity index (χ3v) is 5.05. The molecule has 1 saturated heterocycles. The maximum absolute atomic E-state index is 11.7. The number of hydrogen-bond acceptors (Lipinski definition) is 3. The van der Waals surface area contributed by atoms with Crippen LogP contribution in [0.4, 0.5) is 4.79 Å². The quantitative estimate of drug-likeness (QED) is 0.670. The van der Waals surface area contributed by atoms with Gasteiger partial charge in [-0.3, -0.25) is 4.79 Å². The fourth-order valence-electron chi connectivity index (χ4n) is 2.15. The lowest BCUT2D eigenvalue weighted by atomic mass is 10.0. The van der Waals surface area contributed by atoms with Crippen LogP contribution in [0, 0.1) is 5.92 Å². The average molecular weight is 288 g/mol. The summed E-state index contributed by atoms with van der Waals surface area (Å²) in [6, 6.07) is -0.197. The summed E-state index contributed by atoms with van der Waals surface area (Å²) in [5, 5.41) is 14.4. The number of carbonyl (C=O) groups excluding carboxylic acids is 1. The van der Waals surface area contributed by atoms with Crippen LogP contribution >= 0.6 is 11.8 Å². The van der Waals surface area contributed by atoms with E-state index in [-0.39, 0.29) is 23.1 Å². The van der Waals surface area contributed by atoms with Crippen molar-refractivity contribution in [1.29, 1.82) is 0 Å². The van der Waals surface area contributed by atoms with E-state index in [2.05, 4.69) is 17.6 Å². The molecule has 0 spiro atoms. The predicted octanol–water partition coefficient (Wildman–Crippen LogP) is 2.07. The lowest BCUT2D eigenvalue weighted by molar-refractivity contribution is -0.138. The average Bonchev–Trinajstić information content (AvgIpc) is 2.79. The maximum atomic E-state index is 11.7. The molecule has 0 saturated carbocycles. The second-order valence-corrected chi connectivity index (χ2v) is 7.02. The number of thioether (sulfide) groups is 1. The van der Waals surface area contributed by atoms with Gasteiger partial charge in [0, 0.05) is 24.3 Å². The van der Waals surface area contributed by atoms with E-state index in [0.717, 1.165) is 18.6 Å². The minimum atomic E-state index is -0.816. The number of amides is 2. The molecule has 0 aromatic carbocycles. The summed E-state index contributed by atoms with van der Waals surface area (Å²) < 4.78 is 0.155. The van der Waals surface area contributed by atoms with E-state index in [1.807, 2.05) is 18.7 Å². The third kappa shape index (κ3) is 6.18. The van der Waals surface area contributed by atoms with Crippen LogP contribution in [0.2, 0.25) is 0 Å². The first-order valence-corrected chi connectivity index (χ1v) is 7.81. The van der Waals surface area contributed by atoms with Crippen LogP contribution in [0.15, 0.2) is 0 Å². The Kier molecular flexibility index (Phi) is 6.48. The van der Waals surface area contributed by atoms with Crippen molar-refractivity contribution in [1.82, 2.24) is 10.6 Å². The highest BCUT2D eigenvalue weighted by Crippen LogP contribution is 2.36. The number of carboxylic acid groups (broad SMARTS) is 1. The molecule has 110 valence electrons. The first kappa shape index (κ1) is 16.1. The van der Waals surface area contributed by atoms with Gasteiger partial charge in [-0.05, 0) is 31.4 Å². The zero-order valence-corrected chi connectivity index (χ0v) is 12.5. The minimum Gasteiger partial charge on any atom is -0.481 e. The van der Waals surface area contributed by atoms with Crippen LogP contribution in [0.5, 0.6) is 0 Å². The number of carbonyl (C=O) groups is 2. The van der Waals surface area contributed by atoms with Gasteiger partial charge in [-0.15, -0.1) is 0 Å². The molecule has 2 amide bonds. The number of urea groups is 1. The van der Waals surface area contributed by atoms with E-state index in [9.17, 15) is 9.59 Å². The second-order valence-electron chi connectivity index (χ2n) is 5.34. The van der Waals surface area contributed by atoms with Gasteiger partial charge < -0.3 is 15.7 Å². The van der Waals surface area contributed by atoms with Crippen molar-refractivity contribution in [3.05, 3.63) is 0 Å². The molecular weight excluding hydrogens is 264 g/mol. The Labute approximate surface area is 118 Å². The predicted molar refractivity (Wildman–Crippen MR) is 77.5 cm³/mol. The molecule has 0 radical (unpaired) electrons. The number of rotatable bonds is 7. The van der Waals surface area contributed by atoms with Crippen molar-refractivity contribution < 1.29 is 14.7 Å². The Balaban J connectivity index is 2.21. The Morgan fingerprint density at radius 2 is 2.16 bits per heavy atom. The highest BCUT2D eigenvalue weighted by atomic mass is 32.2. The van der Waals surface area contributed by atoms with E-state index < -0.39 is 5.97 Å². The molecule has 1 aliphatic heterocycles. The SMILES string of the molecule is CCC(CNC(=O)NCC1(C)CCCS1)CC(=O)O. The Morgan fingerprint density at radius 1 is 1.42 bits per heavy atom. The van der Waals surface area contributed by atoms with Gasteiger partial charge in [0.05, 0.1) is 0 Å². The van der Waals surface area contributed by atoms with E-state index in [4.69, 9.17) is 5.11 Å². The monoisotopic (exact) mass is 288 g/mol. The summed E-state index contributed by atoms with van der Waals surface area (Å²) in [6.45, 7) is 5.19. The van der Waals surface area contributed by atoms with Crippen molar-refractivity contribution in [3.8, 4) is 0 Å². The van der Waals surface area contributed by atoms with Gasteiger partial charge in [0.15, 0.2) is 0 Å².